The van der Waals surface area contributed by atoms with E-state index < -0.39 is 12.4 Å². The van der Waals surface area contributed by atoms with Crippen molar-refractivity contribution >= 4 is 5.97 Å². The standard InChI is InChI=1S/C13H24O5/c1-5-10-8(2)9(3)12(15)13(18-10)17-7-6-11(14)16-4/h8-10,12-13,15H,5-7H2,1-4H3. The Morgan fingerprint density at radius 3 is 2.56 bits per heavy atom. The first-order valence-electron chi connectivity index (χ1n) is 6.53. The van der Waals surface area contributed by atoms with Crippen LogP contribution in [-0.4, -0.2) is 43.3 Å². The lowest BCUT2D eigenvalue weighted by Gasteiger charge is -2.42. The molecule has 0 spiro atoms. The molecule has 1 saturated heterocycles. The van der Waals surface area contributed by atoms with E-state index in [9.17, 15) is 9.90 Å². The van der Waals surface area contributed by atoms with E-state index in [2.05, 4.69) is 18.6 Å². The molecule has 5 heteroatoms. The SMILES string of the molecule is CCC1OC(OCCC(=O)OC)C(O)C(C)C1C. The molecule has 5 atom stereocenters. The maximum Gasteiger partial charge on any atom is 0.307 e. The van der Waals surface area contributed by atoms with E-state index in [1.165, 1.54) is 7.11 Å². The van der Waals surface area contributed by atoms with Gasteiger partial charge >= 0.3 is 5.97 Å². The molecule has 106 valence electrons. The molecule has 0 aromatic rings. The fourth-order valence-electron chi connectivity index (χ4n) is 2.24. The number of aliphatic hydroxyl groups excluding tert-OH is 1. The van der Waals surface area contributed by atoms with Crippen molar-refractivity contribution in [2.75, 3.05) is 13.7 Å². The molecule has 0 saturated carbocycles. The maximum absolute atomic E-state index is 11.0. The van der Waals surface area contributed by atoms with E-state index in [0.29, 0.717) is 5.92 Å². The molecule has 1 heterocycles. The van der Waals surface area contributed by atoms with Gasteiger partial charge in [0.1, 0.15) is 6.10 Å². The minimum absolute atomic E-state index is 0.0894. The summed E-state index contributed by atoms with van der Waals surface area (Å²) in [5, 5.41) is 10.1. The first-order valence-corrected chi connectivity index (χ1v) is 6.53. The molecule has 1 fully saturated rings. The van der Waals surface area contributed by atoms with E-state index in [4.69, 9.17) is 9.47 Å². The van der Waals surface area contributed by atoms with Gasteiger partial charge in [0.05, 0.1) is 26.2 Å². The van der Waals surface area contributed by atoms with Crippen LogP contribution in [0.1, 0.15) is 33.6 Å². The van der Waals surface area contributed by atoms with Gasteiger partial charge in [-0.1, -0.05) is 20.8 Å². The second-order valence-corrected chi connectivity index (χ2v) is 4.86. The number of carbonyl (C=O) groups is 1. The molecule has 0 radical (unpaired) electrons. The molecule has 18 heavy (non-hydrogen) atoms. The van der Waals surface area contributed by atoms with Crippen molar-refractivity contribution in [1.29, 1.82) is 0 Å². The van der Waals surface area contributed by atoms with Crippen LogP contribution in [0.5, 0.6) is 0 Å². The van der Waals surface area contributed by atoms with Gasteiger partial charge in [-0.2, -0.15) is 0 Å². The Hall–Kier alpha value is -0.650. The molecule has 1 rings (SSSR count). The Kier molecular flexibility index (Phi) is 6.05. The van der Waals surface area contributed by atoms with Crippen molar-refractivity contribution in [3.63, 3.8) is 0 Å². The number of carbonyl (C=O) groups excluding carboxylic acids is 1. The zero-order valence-electron chi connectivity index (χ0n) is 11.6. The third-order valence-corrected chi connectivity index (χ3v) is 3.76. The summed E-state index contributed by atoms with van der Waals surface area (Å²) >= 11 is 0. The van der Waals surface area contributed by atoms with Crippen LogP contribution in [-0.2, 0) is 19.0 Å². The van der Waals surface area contributed by atoms with Gasteiger partial charge in [-0.15, -0.1) is 0 Å². The fraction of sp³-hybridized carbons (Fsp3) is 0.923. The van der Waals surface area contributed by atoms with Crippen molar-refractivity contribution in [2.45, 2.75) is 52.1 Å². The van der Waals surface area contributed by atoms with Crippen molar-refractivity contribution in [2.24, 2.45) is 11.8 Å². The monoisotopic (exact) mass is 260 g/mol. The van der Waals surface area contributed by atoms with Crippen molar-refractivity contribution in [3.05, 3.63) is 0 Å². The second-order valence-electron chi connectivity index (χ2n) is 4.86. The number of esters is 1. The molecule has 1 N–H and O–H groups in total. The molecule has 5 unspecified atom stereocenters. The first kappa shape index (κ1) is 15.4. The van der Waals surface area contributed by atoms with Gasteiger partial charge < -0.3 is 19.3 Å². The van der Waals surface area contributed by atoms with Crippen molar-refractivity contribution in [3.8, 4) is 0 Å². The molecule has 1 aliphatic rings. The normalized spacial score (nSPS) is 36.4. The Bertz CT molecular complexity index is 266. The van der Waals surface area contributed by atoms with Crippen LogP contribution in [0.4, 0.5) is 0 Å². The van der Waals surface area contributed by atoms with Gasteiger partial charge in [-0.05, 0) is 18.3 Å². The zero-order valence-corrected chi connectivity index (χ0v) is 11.6. The molecule has 0 aromatic heterocycles. The van der Waals surface area contributed by atoms with Crippen LogP contribution in [0.2, 0.25) is 0 Å². The molecule has 5 nitrogen and oxygen atoms in total. The van der Waals surface area contributed by atoms with Crippen LogP contribution in [0.3, 0.4) is 0 Å². The lowest BCUT2D eigenvalue weighted by Crippen LogP contribution is -2.50. The summed E-state index contributed by atoms with van der Waals surface area (Å²) in [7, 11) is 1.34. The summed E-state index contributed by atoms with van der Waals surface area (Å²) in [6.07, 6.45) is -0.156. The number of rotatable bonds is 5. The van der Waals surface area contributed by atoms with Crippen LogP contribution < -0.4 is 0 Å². The maximum atomic E-state index is 11.0. The molecular formula is C13H24O5. The summed E-state index contributed by atoms with van der Waals surface area (Å²) in [4.78, 5) is 11.0. The first-order chi connectivity index (χ1) is 8.51. The summed E-state index contributed by atoms with van der Waals surface area (Å²) < 4.78 is 15.7. The smallest absolute Gasteiger partial charge is 0.307 e. The predicted molar refractivity (Wildman–Crippen MR) is 65.9 cm³/mol. The Morgan fingerprint density at radius 1 is 1.33 bits per heavy atom. The summed E-state index contributed by atoms with van der Waals surface area (Å²) in [5.74, 6) is 0.0889. The van der Waals surface area contributed by atoms with Crippen LogP contribution >= 0.6 is 0 Å². The molecule has 0 amide bonds. The van der Waals surface area contributed by atoms with E-state index in [0.717, 1.165) is 6.42 Å². The topological polar surface area (TPSA) is 65.0 Å². The highest BCUT2D eigenvalue weighted by Gasteiger charge is 2.40. The number of hydrogen-bond acceptors (Lipinski definition) is 5. The van der Waals surface area contributed by atoms with Gasteiger partial charge in [0, 0.05) is 0 Å². The lowest BCUT2D eigenvalue weighted by molar-refractivity contribution is -0.270. The van der Waals surface area contributed by atoms with E-state index in [1.807, 2.05) is 6.92 Å². The third-order valence-electron chi connectivity index (χ3n) is 3.76. The van der Waals surface area contributed by atoms with E-state index >= 15 is 0 Å². The Labute approximate surface area is 108 Å². The summed E-state index contributed by atoms with van der Waals surface area (Å²) in [6, 6.07) is 0. The minimum Gasteiger partial charge on any atom is -0.469 e. The van der Waals surface area contributed by atoms with Crippen LogP contribution in [0.25, 0.3) is 0 Å². The highest BCUT2D eigenvalue weighted by molar-refractivity contribution is 5.69. The number of aliphatic hydroxyl groups is 1. The van der Waals surface area contributed by atoms with Gasteiger partial charge in [-0.25, -0.2) is 0 Å². The molecular weight excluding hydrogens is 236 g/mol. The van der Waals surface area contributed by atoms with Gasteiger partial charge in [0.2, 0.25) is 0 Å². The molecule has 0 aromatic carbocycles. The molecule has 0 bridgehead atoms. The number of hydrogen-bond donors (Lipinski definition) is 1. The largest absolute Gasteiger partial charge is 0.469 e. The minimum atomic E-state index is -0.652. The van der Waals surface area contributed by atoms with Gasteiger partial charge in [0.25, 0.3) is 0 Å². The van der Waals surface area contributed by atoms with Crippen LogP contribution in [0.15, 0.2) is 0 Å². The van der Waals surface area contributed by atoms with Crippen molar-refractivity contribution < 1.29 is 24.1 Å². The quantitative estimate of drug-likeness (QED) is 0.756. The van der Waals surface area contributed by atoms with E-state index in [1.54, 1.807) is 0 Å². The highest BCUT2D eigenvalue weighted by Crippen LogP contribution is 2.32. The molecule has 0 aliphatic carbocycles. The number of methoxy groups -OCH3 is 1. The van der Waals surface area contributed by atoms with E-state index in [-0.39, 0.29) is 31.0 Å². The molecule has 1 aliphatic heterocycles. The Balaban J connectivity index is 2.46. The summed E-state index contributed by atoms with van der Waals surface area (Å²) in [5.41, 5.74) is 0. The lowest BCUT2D eigenvalue weighted by atomic mass is 9.83. The van der Waals surface area contributed by atoms with Crippen LogP contribution in [0, 0.1) is 11.8 Å². The summed E-state index contributed by atoms with van der Waals surface area (Å²) in [6.45, 7) is 6.33. The predicted octanol–water partition coefficient (Wildman–Crippen LogP) is 1.33. The third kappa shape index (κ3) is 3.67. The average molecular weight is 260 g/mol. The number of ether oxygens (including phenoxy) is 3. The van der Waals surface area contributed by atoms with Crippen molar-refractivity contribution in [1.82, 2.24) is 0 Å². The highest BCUT2D eigenvalue weighted by atomic mass is 16.7. The fourth-order valence-corrected chi connectivity index (χ4v) is 2.24. The Morgan fingerprint density at radius 2 is 2.00 bits per heavy atom. The van der Waals surface area contributed by atoms with Gasteiger partial charge in [-0.3, -0.25) is 4.79 Å². The van der Waals surface area contributed by atoms with Gasteiger partial charge in [0.15, 0.2) is 6.29 Å². The average Bonchev–Trinajstić information content (AvgIpc) is 2.38. The zero-order chi connectivity index (χ0) is 13.7. The second kappa shape index (κ2) is 7.07.